The highest BCUT2D eigenvalue weighted by molar-refractivity contribution is 5.36. The summed E-state index contributed by atoms with van der Waals surface area (Å²) in [7, 11) is 0. The third-order valence-electron chi connectivity index (χ3n) is 1.26. The number of hydroxylamine groups is 2. The van der Waals surface area contributed by atoms with Crippen molar-refractivity contribution in [3.63, 3.8) is 0 Å². The number of carbonyl (C=O) groups is 1. The zero-order chi connectivity index (χ0) is 5.82. The minimum Gasteiger partial charge on any atom is -0.371 e. The number of hydrogen-bond acceptors (Lipinski definition) is 3. The Balaban J connectivity index is 2.14. The maximum atomic E-state index is 9.70. The third-order valence-corrected chi connectivity index (χ3v) is 1.26. The minimum absolute atomic E-state index is 0.478. The van der Waals surface area contributed by atoms with Crippen LogP contribution in [0.15, 0.2) is 0 Å². The van der Waals surface area contributed by atoms with Gasteiger partial charge >= 0.3 is 6.47 Å². The molecule has 0 unspecified atom stereocenters. The van der Waals surface area contributed by atoms with Gasteiger partial charge in [-0.2, -0.15) is 0 Å². The van der Waals surface area contributed by atoms with E-state index in [-0.39, 0.29) is 0 Å². The van der Waals surface area contributed by atoms with Crippen molar-refractivity contribution in [3.8, 4) is 0 Å². The van der Waals surface area contributed by atoms with E-state index in [1.54, 1.807) is 5.06 Å². The Hall–Kier alpha value is -0.570. The zero-order valence-corrected chi connectivity index (χ0v) is 4.67. The predicted molar refractivity (Wildman–Crippen MR) is 28.0 cm³/mol. The summed E-state index contributed by atoms with van der Waals surface area (Å²) in [6, 6.07) is 0. The van der Waals surface area contributed by atoms with E-state index in [0.717, 1.165) is 25.9 Å². The molecule has 0 aromatic carbocycles. The van der Waals surface area contributed by atoms with Crippen LogP contribution >= 0.6 is 0 Å². The molecule has 3 heteroatoms. The lowest BCUT2D eigenvalue weighted by Crippen LogP contribution is -2.18. The summed E-state index contributed by atoms with van der Waals surface area (Å²) in [5.74, 6) is 0. The van der Waals surface area contributed by atoms with E-state index in [1.165, 1.54) is 0 Å². The van der Waals surface area contributed by atoms with Crippen molar-refractivity contribution in [2.75, 3.05) is 13.1 Å². The Morgan fingerprint density at radius 3 is 2.50 bits per heavy atom. The summed E-state index contributed by atoms with van der Waals surface area (Å²) in [5, 5.41) is 1.67. The van der Waals surface area contributed by atoms with E-state index >= 15 is 0 Å². The van der Waals surface area contributed by atoms with Crippen molar-refractivity contribution in [2.24, 2.45) is 0 Å². The molecule has 0 atom stereocenters. The molecular formula is C5H9NO2. The molecule has 1 aliphatic heterocycles. The van der Waals surface area contributed by atoms with Gasteiger partial charge in [-0.3, -0.25) is 4.79 Å². The first-order valence-electron chi connectivity index (χ1n) is 2.79. The maximum absolute atomic E-state index is 9.70. The zero-order valence-electron chi connectivity index (χ0n) is 4.67. The van der Waals surface area contributed by atoms with Crippen molar-refractivity contribution in [2.45, 2.75) is 12.8 Å². The number of nitrogens with zero attached hydrogens (tertiary/aromatic N) is 1. The second-order valence-corrected chi connectivity index (χ2v) is 1.84. The standard InChI is InChI=1S/C5H9NO2/c7-5-8-6-3-1-2-4-6/h5H,1-4H2. The molecular weight excluding hydrogens is 106 g/mol. The summed E-state index contributed by atoms with van der Waals surface area (Å²) >= 11 is 0. The van der Waals surface area contributed by atoms with Gasteiger partial charge in [0.25, 0.3) is 0 Å². The minimum atomic E-state index is 0.478. The van der Waals surface area contributed by atoms with E-state index in [9.17, 15) is 4.79 Å². The van der Waals surface area contributed by atoms with E-state index < -0.39 is 0 Å². The van der Waals surface area contributed by atoms with Crippen LogP contribution in [0, 0.1) is 0 Å². The molecule has 0 saturated carbocycles. The summed E-state index contributed by atoms with van der Waals surface area (Å²) in [6.07, 6.45) is 2.29. The molecule has 1 rings (SSSR count). The van der Waals surface area contributed by atoms with E-state index in [0.29, 0.717) is 6.47 Å². The van der Waals surface area contributed by atoms with Crippen LogP contribution in [0.3, 0.4) is 0 Å². The number of rotatable bonds is 2. The Morgan fingerprint density at radius 1 is 1.38 bits per heavy atom. The van der Waals surface area contributed by atoms with Gasteiger partial charge in [-0.05, 0) is 12.8 Å². The van der Waals surface area contributed by atoms with Crippen molar-refractivity contribution in [1.82, 2.24) is 5.06 Å². The van der Waals surface area contributed by atoms with Gasteiger partial charge < -0.3 is 4.84 Å². The molecule has 1 saturated heterocycles. The topological polar surface area (TPSA) is 29.5 Å². The molecule has 0 aromatic rings. The summed E-state index contributed by atoms with van der Waals surface area (Å²) in [4.78, 5) is 14.3. The normalized spacial score (nSPS) is 21.0. The Labute approximate surface area is 48.2 Å². The fourth-order valence-electron chi connectivity index (χ4n) is 0.854. The molecule has 0 aromatic heterocycles. The summed E-state index contributed by atoms with van der Waals surface area (Å²) in [6.45, 7) is 2.28. The number of hydrogen-bond donors (Lipinski definition) is 0. The van der Waals surface area contributed by atoms with Crippen LogP contribution in [0.5, 0.6) is 0 Å². The third kappa shape index (κ3) is 1.20. The lowest BCUT2D eigenvalue weighted by atomic mass is 10.4. The first-order valence-corrected chi connectivity index (χ1v) is 2.79. The van der Waals surface area contributed by atoms with Gasteiger partial charge in [-0.15, -0.1) is 5.06 Å². The smallest absolute Gasteiger partial charge is 0.312 e. The van der Waals surface area contributed by atoms with E-state index in [1.807, 2.05) is 0 Å². The average molecular weight is 115 g/mol. The van der Waals surface area contributed by atoms with Gasteiger partial charge in [0.05, 0.1) is 0 Å². The molecule has 0 radical (unpaired) electrons. The highest BCUT2D eigenvalue weighted by Crippen LogP contribution is 2.05. The molecule has 0 spiro atoms. The average Bonchev–Trinajstić information content (AvgIpc) is 2.19. The van der Waals surface area contributed by atoms with Crippen LogP contribution in [-0.2, 0) is 9.63 Å². The SMILES string of the molecule is O=CON1CCCC1. The molecule has 0 aliphatic carbocycles. The lowest BCUT2D eigenvalue weighted by molar-refractivity contribution is -0.167. The Morgan fingerprint density at radius 2 is 2.00 bits per heavy atom. The van der Waals surface area contributed by atoms with Crippen LogP contribution in [0.25, 0.3) is 0 Å². The highest BCUT2D eigenvalue weighted by Gasteiger charge is 2.10. The molecule has 0 bridgehead atoms. The van der Waals surface area contributed by atoms with Crippen LogP contribution in [0.4, 0.5) is 0 Å². The van der Waals surface area contributed by atoms with Gasteiger partial charge in [-0.25, -0.2) is 0 Å². The first kappa shape index (κ1) is 5.56. The Kier molecular flexibility index (Phi) is 1.86. The van der Waals surface area contributed by atoms with Crippen molar-refractivity contribution < 1.29 is 9.63 Å². The molecule has 0 N–H and O–H groups in total. The lowest BCUT2D eigenvalue weighted by Gasteiger charge is -2.07. The maximum Gasteiger partial charge on any atom is 0.312 e. The van der Waals surface area contributed by atoms with Crippen LogP contribution < -0.4 is 0 Å². The molecule has 1 aliphatic rings. The molecule has 1 fully saturated rings. The predicted octanol–water partition coefficient (Wildman–Crippen LogP) is 0.170. The van der Waals surface area contributed by atoms with Crippen LogP contribution in [-0.4, -0.2) is 24.6 Å². The van der Waals surface area contributed by atoms with Crippen molar-refractivity contribution in [1.29, 1.82) is 0 Å². The second-order valence-electron chi connectivity index (χ2n) is 1.84. The van der Waals surface area contributed by atoms with Gasteiger partial charge in [0.15, 0.2) is 0 Å². The van der Waals surface area contributed by atoms with Gasteiger partial charge in [0.1, 0.15) is 0 Å². The fourth-order valence-corrected chi connectivity index (χ4v) is 0.854. The molecule has 3 nitrogen and oxygen atoms in total. The first-order chi connectivity index (χ1) is 3.93. The monoisotopic (exact) mass is 115 g/mol. The van der Waals surface area contributed by atoms with Crippen LogP contribution in [0.2, 0.25) is 0 Å². The molecule has 46 valence electrons. The molecule has 8 heavy (non-hydrogen) atoms. The molecule has 0 amide bonds. The second kappa shape index (κ2) is 2.67. The van der Waals surface area contributed by atoms with E-state index in [4.69, 9.17) is 0 Å². The Bertz CT molecular complexity index is 78.5. The highest BCUT2D eigenvalue weighted by atomic mass is 16.7. The summed E-state index contributed by atoms with van der Waals surface area (Å²) in [5.41, 5.74) is 0. The van der Waals surface area contributed by atoms with Crippen LogP contribution in [0.1, 0.15) is 12.8 Å². The van der Waals surface area contributed by atoms with Gasteiger partial charge in [-0.1, -0.05) is 0 Å². The van der Waals surface area contributed by atoms with Gasteiger partial charge in [0, 0.05) is 13.1 Å². The van der Waals surface area contributed by atoms with Gasteiger partial charge in [0.2, 0.25) is 0 Å². The largest absolute Gasteiger partial charge is 0.371 e. The quantitative estimate of drug-likeness (QED) is 0.480. The van der Waals surface area contributed by atoms with Crippen molar-refractivity contribution >= 4 is 6.47 Å². The number of carbonyl (C=O) groups excluding carboxylic acids is 1. The molecule has 1 heterocycles. The fraction of sp³-hybridized carbons (Fsp3) is 0.800. The van der Waals surface area contributed by atoms with Crippen molar-refractivity contribution in [3.05, 3.63) is 0 Å². The summed E-state index contributed by atoms with van der Waals surface area (Å²) < 4.78 is 0. The van der Waals surface area contributed by atoms with E-state index in [2.05, 4.69) is 4.84 Å².